The Balaban J connectivity index is 1.80. The monoisotopic (exact) mass is 510 g/mol. The van der Waals surface area contributed by atoms with Crippen LogP contribution in [0, 0.1) is 18.6 Å². The predicted octanol–water partition coefficient (Wildman–Crippen LogP) is 5.17. The number of methoxy groups -OCH3 is 1. The third kappa shape index (κ3) is 4.35. The van der Waals surface area contributed by atoms with E-state index in [2.05, 4.69) is 4.72 Å². The molecular formula is C27H24F2N2O4S. The number of hydrogen-bond acceptors (Lipinski definition) is 4. The molecule has 3 aromatic carbocycles. The van der Waals surface area contributed by atoms with Gasteiger partial charge in [0, 0.05) is 33.7 Å². The van der Waals surface area contributed by atoms with E-state index in [1.165, 1.54) is 25.3 Å². The third-order valence-electron chi connectivity index (χ3n) is 6.36. The normalized spacial score (nSPS) is 13.7. The lowest BCUT2D eigenvalue weighted by Crippen LogP contribution is -2.35. The molecule has 9 heteroatoms. The number of aryl methyl sites for hydroxylation is 1. The number of amides is 1. The molecule has 1 heterocycles. The molecule has 1 amide bonds. The zero-order valence-electron chi connectivity index (χ0n) is 19.7. The molecule has 4 aromatic rings. The highest BCUT2D eigenvalue weighted by molar-refractivity contribution is 7.91. The van der Waals surface area contributed by atoms with E-state index in [0.717, 1.165) is 5.56 Å². The maximum Gasteiger partial charge on any atom is 0.282 e. The van der Waals surface area contributed by atoms with E-state index < -0.39 is 32.8 Å². The average molecular weight is 511 g/mol. The van der Waals surface area contributed by atoms with Crippen molar-refractivity contribution in [2.75, 3.05) is 7.11 Å². The van der Waals surface area contributed by atoms with Crippen LogP contribution in [0.2, 0.25) is 0 Å². The topological polar surface area (TPSA) is 77.4 Å². The lowest BCUT2D eigenvalue weighted by Gasteiger charge is -2.14. The molecule has 0 atom stereocenters. The van der Waals surface area contributed by atoms with Gasteiger partial charge in [-0.05, 0) is 50.1 Å². The Labute approximate surface area is 207 Å². The van der Waals surface area contributed by atoms with Gasteiger partial charge in [0.1, 0.15) is 23.1 Å². The number of nitrogens with zero attached hydrogens (tertiary/aromatic N) is 1. The highest BCUT2D eigenvalue weighted by Crippen LogP contribution is 2.39. The molecule has 1 N–H and O–H groups in total. The Hall–Kier alpha value is -3.72. The van der Waals surface area contributed by atoms with Crippen LogP contribution >= 0.6 is 0 Å². The molecule has 186 valence electrons. The summed E-state index contributed by atoms with van der Waals surface area (Å²) in [4.78, 5) is 13.6. The third-order valence-corrected chi connectivity index (χ3v) is 8.18. The zero-order chi connectivity index (χ0) is 25.6. The summed E-state index contributed by atoms with van der Waals surface area (Å²) < 4.78 is 64.2. The molecule has 1 saturated carbocycles. The largest absolute Gasteiger partial charge is 0.497 e. The van der Waals surface area contributed by atoms with Crippen LogP contribution in [-0.4, -0.2) is 31.3 Å². The van der Waals surface area contributed by atoms with E-state index in [1.54, 1.807) is 41.0 Å². The van der Waals surface area contributed by atoms with Crippen molar-refractivity contribution < 1.29 is 26.7 Å². The molecule has 36 heavy (non-hydrogen) atoms. The molecule has 0 bridgehead atoms. The average Bonchev–Trinajstić information content (AvgIpc) is 3.65. The molecule has 0 unspecified atom stereocenters. The van der Waals surface area contributed by atoms with Crippen LogP contribution in [0.5, 0.6) is 5.75 Å². The SMILES string of the molecule is COc1ccc(-c2c(C(=O)NS(=O)(=O)C3CC3)n(Cc3ccccc3F)c3ccc(C)cc23)c(F)c1. The van der Waals surface area contributed by atoms with Crippen LogP contribution in [-0.2, 0) is 16.6 Å². The summed E-state index contributed by atoms with van der Waals surface area (Å²) in [7, 11) is -2.48. The minimum Gasteiger partial charge on any atom is -0.497 e. The fraction of sp³-hybridized carbons (Fsp3) is 0.222. The second-order valence-corrected chi connectivity index (χ2v) is 10.9. The van der Waals surface area contributed by atoms with Crippen molar-refractivity contribution in [3.63, 3.8) is 0 Å². The molecule has 1 fully saturated rings. The van der Waals surface area contributed by atoms with E-state index in [0.29, 0.717) is 35.1 Å². The first-order valence-electron chi connectivity index (χ1n) is 11.5. The van der Waals surface area contributed by atoms with Crippen molar-refractivity contribution in [3.05, 3.63) is 89.1 Å². The van der Waals surface area contributed by atoms with E-state index in [1.807, 2.05) is 13.0 Å². The van der Waals surface area contributed by atoms with Crippen molar-refractivity contribution in [2.45, 2.75) is 31.6 Å². The van der Waals surface area contributed by atoms with Gasteiger partial charge in [-0.1, -0.05) is 29.8 Å². The Morgan fingerprint density at radius 2 is 1.81 bits per heavy atom. The van der Waals surface area contributed by atoms with Crippen LogP contribution in [0.1, 0.15) is 34.5 Å². The first kappa shape index (κ1) is 24.0. The van der Waals surface area contributed by atoms with Gasteiger partial charge in [0.2, 0.25) is 10.0 Å². The van der Waals surface area contributed by atoms with Crippen molar-refractivity contribution in [2.24, 2.45) is 0 Å². The fourth-order valence-electron chi connectivity index (χ4n) is 4.40. The van der Waals surface area contributed by atoms with Gasteiger partial charge in [-0.15, -0.1) is 0 Å². The van der Waals surface area contributed by atoms with Gasteiger partial charge in [0.15, 0.2) is 0 Å². The van der Waals surface area contributed by atoms with Crippen molar-refractivity contribution in [1.82, 2.24) is 9.29 Å². The van der Waals surface area contributed by atoms with Crippen molar-refractivity contribution in [1.29, 1.82) is 0 Å². The highest BCUT2D eigenvalue weighted by Gasteiger charge is 2.38. The zero-order valence-corrected chi connectivity index (χ0v) is 20.5. The summed E-state index contributed by atoms with van der Waals surface area (Å²) in [5.74, 6) is -1.71. The number of carbonyl (C=O) groups is 1. The summed E-state index contributed by atoms with van der Waals surface area (Å²) >= 11 is 0. The van der Waals surface area contributed by atoms with Gasteiger partial charge in [-0.25, -0.2) is 21.9 Å². The maximum absolute atomic E-state index is 15.4. The number of halogens is 2. The van der Waals surface area contributed by atoms with E-state index in [4.69, 9.17) is 4.74 Å². The smallest absolute Gasteiger partial charge is 0.282 e. The Morgan fingerprint density at radius 3 is 2.47 bits per heavy atom. The predicted molar refractivity (Wildman–Crippen MR) is 134 cm³/mol. The number of benzene rings is 3. The first-order chi connectivity index (χ1) is 17.2. The number of fused-ring (bicyclic) bond motifs is 1. The number of sulfonamides is 1. The summed E-state index contributed by atoms with van der Waals surface area (Å²) in [5.41, 5.74) is 1.98. The number of hydrogen-bond donors (Lipinski definition) is 1. The van der Waals surface area contributed by atoms with E-state index in [9.17, 15) is 17.6 Å². The second kappa shape index (κ2) is 9.05. The van der Waals surface area contributed by atoms with Crippen molar-refractivity contribution >= 4 is 26.8 Å². The maximum atomic E-state index is 15.4. The quantitative estimate of drug-likeness (QED) is 0.372. The van der Waals surface area contributed by atoms with Crippen LogP contribution in [0.25, 0.3) is 22.0 Å². The van der Waals surface area contributed by atoms with Gasteiger partial charge in [-0.3, -0.25) is 4.79 Å². The summed E-state index contributed by atoms with van der Waals surface area (Å²) in [6, 6.07) is 15.8. The van der Waals surface area contributed by atoms with Crippen LogP contribution < -0.4 is 9.46 Å². The standard InChI is InChI=1S/C27H24F2N2O4S/c1-16-7-12-24-21(13-16)25(20-11-8-18(35-2)14-23(20)29)26(27(32)30-36(33,34)19-9-10-19)31(24)15-17-5-3-4-6-22(17)28/h3-8,11-14,19H,9-10,15H2,1-2H3,(H,30,32). The number of aromatic nitrogens is 1. The van der Waals surface area contributed by atoms with Gasteiger partial charge >= 0.3 is 0 Å². The van der Waals surface area contributed by atoms with Gasteiger partial charge in [-0.2, -0.15) is 0 Å². The highest BCUT2D eigenvalue weighted by atomic mass is 32.2. The fourth-order valence-corrected chi connectivity index (χ4v) is 5.68. The molecule has 0 radical (unpaired) electrons. The number of rotatable bonds is 7. The van der Waals surface area contributed by atoms with Gasteiger partial charge in [0.05, 0.1) is 18.9 Å². The number of ether oxygens (including phenoxy) is 1. The minimum atomic E-state index is -3.90. The first-order valence-corrected chi connectivity index (χ1v) is 13.0. The Kier molecular flexibility index (Phi) is 6.04. The summed E-state index contributed by atoms with van der Waals surface area (Å²) in [6.07, 6.45) is 0.944. The Morgan fingerprint density at radius 1 is 1.06 bits per heavy atom. The minimum absolute atomic E-state index is 0.0593. The van der Waals surface area contributed by atoms with E-state index >= 15 is 4.39 Å². The number of carbonyl (C=O) groups excluding carboxylic acids is 1. The Bertz CT molecular complexity index is 1610. The lowest BCUT2D eigenvalue weighted by molar-refractivity contribution is 0.0974. The van der Waals surface area contributed by atoms with Gasteiger partial charge < -0.3 is 9.30 Å². The number of nitrogens with one attached hydrogen (secondary N) is 1. The van der Waals surface area contributed by atoms with Crippen LogP contribution in [0.15, 0.2) is 60.7 Å². The lowest BCUT2D eigenvalue weighted by atomic mass is 9.99. The van der Waals surface area contributed by atoms with Crippen molar-refractivity contribution in [3.8, 4) is 16.9 Å². The van der Waals surface area contributed by atoms with Gasteiger partial charge in [0.25, 0.3) is 5.91 Å². The summed E-state index contributed by atoms with van der Waals surface area (Å²) in [5, 5.41) is -0.0846. The van der Waals surface area contributed by atoms with Crippen LogP contribution in [0.3, 0.4) is 0 Å². The summed E-state index contributed by atoms with van der Waals surface area (Å²) in [6.45, 7) is 1.80. The second-order valence-electron chi connectivity index (χ2n) is 8.94. The van der Waals surface area contributed by atoms with Crippen LogP contribution in [0.4, 0.5) is 8.78 Å². The van der Waals surface area contributed by atoms with E-state index in [-0.39, 0.29) is 23.4 Å². The molecule has 0 saturated heterocycles. The molecule has 5 rings (SSSR count). The molecule has 0 aliphatic heterocycles. The molecule has 1 aliphatic carbocycles. The molecule has 1 aliphatic rings. The molecule has 1 aromatic heterocycles. The molecule has 0 spiro atoms. The molecule has 6 nitrogen and oxygen atoms in total. The molecular weight excluding hydrogens is 486 g/mol.